The number of rotatable bonds is 3. The van der Waals surface area contributed by atoms with Crippen LogP contribution in [0.25, 0.3) is 0 Å². The van der Waals surface area contributed by atoms with E-state index in [1.165, 1.54) is 12.1 Å². The number of nitrogen functional groups attached to an aromatic ring is 1. The Morgan fingerprint density at radius 1 is 1.41 bits per heavy atom. The van der Waals surface area contributed by atoms with E-state index in [2.05, 4.69) is 10.0 Å². The number of amides is 1. The first kappa shape index (κ1) is 11.9. The van der Waals surface area contributed by atoms with Crippen molar-refractivity contribution in [2.45, 2.75) is 17.4 Å². The number of hydrogen-bond donors (Lipinski definition) is 3. The molecule has 4 N–H and O–H groups in total. The average molecular weight is 255 g/mol. The van der Waals surface area contributed by atoms with Gasteiger partial charge in [-0.3, -0.25) is 4.79 Å². The van der Waals surface area contributed by atoms with Gasteiger partial charge in [0.15, 0.2) is 0 Å². The molecule has 1 atom stereocenters. The Morgan fingerprint density at radius 2 is 2.18 bits per heavy atom. The Labute approximate surface area is 99.2 Å². The summed E-state index contributed by atoms with van der Waals surface area (Å²) in [5, 5.41) is 2.56. The highest BCUT2D eigenvalue weighted by Gasteiger charge is 2.26. The normalized spacial score (nSPS) is 20.2. The molecule has 2 rings (SSSR count). The molecule has 1 aliphatic heterocycles. The van der Waals surface area contributed by atoms with Gasteiger partial charge < -0.3 is 11.1 Å². The number of sulfonamides is 1. The highest BCUT2D eigenvalue weighted by Crippen LogP contribution is 2.14. The standard InChI is InChI=1S/C10H13N3O3S/c11-7-2-1-3-9(4-7)17(15,16)13-8-5-10(14)12-6-8/h1-4,8,13H,5-6,11H2,(H,12,14). The first-order valence-electron chi connectivity index (χ1n) is 5.12. The summed E-state index contributed by atoms with van der Waals surface area (Å²) < 4.78 is 26.3. The van der Waals surface area contributed by atoms with E-state index in [-0.39, 0.29) is 17.2 Å². The van der Waals surface area contributed by atoms with Gasteiger partial charge in [0, 0.05) is 24.7 Å². The number of benzene rings is 1. The van der Waals surface area contributed by atoms with Crippen molar-refractivity contribution in [1.82, 2.24) is 10.0 Å². The van der Waals surface area contributed by atoms with Crippen molar-refractivity contribution in [3.63, 3.8) is 0 Å². The van der Waals surface area contributed by atoms with E-state index in [4.69, 9.17) is 5.73 Å². The predicted octanol–water partition coefficient (Wildman–Crippen LogP) is -0.564. The fourth-order valence-corrected chi connectivity index (χ4v) is 2.95. The third-order valence-electron chi connectivity index (χ3n) is 2.47. The van der Waals surface area contributed by atoms with Crippen LogP contribution < -0.4 is 15.8 Å². The fraction of sp³-hybridized carbons (Fsp3) is 0.300. The quantitative estimate of drug-likeness (QED) is 0.630. The molecule has 0 bridgehead atoms. The second-order valence-corrected chi connectivity index (χ2v) is 5.61. The lowest BCUT2D eigenvalue weighted by Crippen LogP contribution is -2.36. The largest absolute Gasteiger partial charge is 0.399 e. The average Bonchev–Trinajstić information content (AvgIpc) is 2.63. The van der Waals surface area contributed by atoms with Gasteiger partial charge in [-0.25, -0.2) is 13.1 Å². The van der Waals surface area contributed by atoms with Gasteiger partial charge in [-0.15, -0.1) is 0 Å². The summed E-state index contributed by atoms with van der Waals surface area (Å²) in [4.78, 5) is 11.1. The van der Waals surface area contributed by atoms with E-state index in [0.717, 1.165) is 0 Å². The molecule has 1 unspecified atom stereocenters. The Kier molecular flexibility index (Phi) is 3.03. The molecule has 1 amide bonds. The van der Waals surface area contributed by atoms with Gasteiger partial charge in [0.1, 0.15) is 0 Å². The first-order chi connectivity index (χ1) is 7.97. The lowest BCUT2D eigenvalue weighted by molar-refractivity contribution is -0.119. The molecule has 0 spiro atoms. The van der Waals surface area contributed by atoms with E-state index in [1.54, 1.807) is 12.1 Å². The zero-order valence-corrected chi connectivity index (χ0v) is 9.83. The number of hydrogen-bond acceptors (Lipinski definition) is 4. The van der Waals surface area contributed by atoms with Gasteiger partial charge in [0.05, 0.1) is 4.90 Å². The molecule has 0 aliphatic carbocycles. The molecule has 6 nitrogen and oxygen atoms in total. The summed E-state index contributed by atoms with van der Waals surface area (Å²) in [5.41, 5.74) is 5.91. The molecule has 0 aromatic heterocycles. The van der Waals surface area contributed by atoms with Crippen molar-refractivity contribution >= 4 is 21.6 Å². The summed E-state index contributed by atoms with van der Waals surface area (Å²) in [5.74, 6) is -0.148. The minimum Gasteiger partial charge on any atom is -0.399 e. The van der Waals surface area contributed by atoms with E-state index in [9.17, 15) is 13.2 Å². The van der Waals surface area contributed by atoms with E-state index in [1.807, 2.05) is 0 Å². The zero-order valence-electron chi connectivity index (χ0n) is 9.01. The van der Waals surface area contributed by atoms with Crippen molar-refractivity contribution in [1.29, 1.82) is 0 Å². The van der Waals surface area contributed by atoms with Crippen molar-refractivity contribution in [2.75, 3.05) is 12.3 Å². The fourth-order valence-electron chi connectivity index (χ4n) is 1.66. The Bertz CT molecular complexity index is 541. The summed E-state index contributed by atoms with van der Waals surface area (Å²) in [6.07, 6.45) is 0.168. The van der Waals surface area contributed by atoms with Gasteiger partial charge in [-0.1, -0.05) is 6.07 Å². The Morgan fingerprint density at radius 3 is 2.76 bits per heavy atom. The highest BCUT2D eigenvalue weighted by atomic mass is 32.2. The number of nitrogens with two attached hydrogens (primary N) is 1. The molecule has 1 aromatic carbocycles. The molecular weight excluding hydrogens is 242 g/mol. The third kappa shape index (κ3) is 2.75. The van der Waals surface area contributed by atoms with Crippen LogP contribution in [0.4, 0.5) is 5.69 Å². The van der Waals surface area contributed by atoms with Crippen molar-refractivity contribution in [3.05, 3.63) is 24.3 Å². The van der Waals surface area contributed by atoms with Crippen molar-refractivity contribution in [2.24, 2.45) is 0 Å². The van der Waals surface area contributed by atoms with Gasteiger partial charge in [0.2, 0.25) is 15.9 Å². The maximum absolute atomic E-state index is 11.9. The van der Waals surface area contributed by atoms with Crippen LogP contribution in [0.2, 0.25) is 0 Å². The smallest absolute Gasteiger partial charge is 0.240 e. The lowest BCUT2D eigenvalue weighted by Gasteiger charge is -2.11. The summed E-state index contributed by atoms with van der Waals surface area (Å²) in [7, 11) is -3.61. The molecule has 92 valence electrons. The number of nitrogens with one attached hydrogen (secondary N) is 2. The van der Waals surface area contributed by atoms with Gasteiger partial charge in [-0.2, -0.15) is 0 Å². The van der Waals surface area contributed by atoms with Gasteiger partial charge in [-0.05, 0) is 18.2 Å². The van der Waals surface area contributed by atoms with E-state index in [0.29, 0.717) is 12.2 Å². The SMILES string of the molecule is Nc1cccc(S(=O)(=O)NC2CNC(=O)C2)c1. The topological polar surface area (TPSA) is 101 Å². The van der Waals surface area contributed by atoms with Gasteiger partial charge in [0.25, 0.3) is 0 Å². The molecule has 1 aliphatic rings. The lowest BCUT2D eigenvalue weighted by atomic mass is 10.3. The third-order valence-corrected chi connectivity index (χ3v) is 3.99. The number of carbonyl (C=O) groups is 1. The molecule has 1 fully saturated rings. The molecule has 1 saturated heterocycles. The van der Waals surface area contributed by atoms with Crippen LogP contribution in [0.3, 0.4) is 0 Å². The maximum Gasteiger partial charge on any atom is 0.240 e. The van der Waals surface area contributed by atoms with E-state index < -0.39 is 16.1 Å². The highest BCUT2D eigenvalue weighted by molar-refractivity contribution is 7.89. The predicted molar refractivity (Wildman–Crippen MR) is 62.6 cm³/mol. The molecule has 7 heteroatoms. The Balaban J connectivity index is 2.17. The van der Waals surface area contributed by atoms with Gasteiger partial charge >= 0.3 is 0 Å². The minimum atomic E-state index is -3.61. The van der Waals surface area contributed by atoms with Crippen LogP contribution in [0.15, 0.2) is 29.2 Å². The van der Waals surface area contributed by atoms with Crippen LogP contribution >= 0.6 is 0 Å². The van der Waals surface area contributed by atoms with Crippen LogP contribution in [-0.2, 0) is 14.8 Å². The molecular formula is C10H13N3O3S. The van der Waals surface area contributed by atoms with Crippen LogP contribution in [0, 0.1) is 0 Å². The summed E-state index contributed by atoms with van der Waals surface area (Å²) in [6, 6.07) is 5.63. The monoisotopic (exact) mass is 255 g/mol. The number of anilines is 1. The minimum absolute atomic E-state index is 0.108. The molecule has 0 radical (unpaired) electrons. The molecule has 1 heterocycles. The second-order valence-electron chi connectivity index (χ2n) is 3.90. The molecule has 1 aromatic rings. The zero-order chi connectivity index (χ0) is 12.5. The van der Waals surface area contributed by atoms with Crippen molar-refractivity contribution < 1.29 is 13.2 Å². The molecule has 0 saturated carbocycles. The van der Waals surface area contributed by atoms with Crippen LogP contribution in [-0.4, -0.2) is 26.9 Å². The molecule has 17 heavy (non-hydrogen) atoms. The van der Waals surface area contributed by atoms with E-state index >= 15 is 0 Å². The first-order valence-corrected chi connectivity index (χ1v) is 6.60. The Hall–Kier alpha value is -1.60. The van der Waals surface area contributed by atoms with Crippen LogP contribution in [0.5, 0.6) is 0 Å². The maximum atomic E-state index is 11.9. The summed E-state index contributed by atoms with van der Waals surface area (Å²) in [6.45, 7) is 0.320. The summed E-state index contributed by atoms with van der Waals surface area (Å²) >= 11 is 0. The second kappa shape index (κ2) is 4.34. The van der Waals surface area contributed by atoms with Crippen LogP contribution in [0.1, 0.15) is 6.42 Å². The van der Waals surface area contributed by atoms with Crippen molar-refractivity contribution in [3.8, 4) is 0 Å². The number of carbonyl (C=O) groups excluding carboxylic acids is 1.